The van der Waals surface area contributed by atoms with Crippen molar-refractivity contribution in [2.45, 2.75) is 58.0 Å². The SMILES string of the molecule is CCOc1cc(C(C)C)ccc1C1=N[C@@](C)(c2ccc(Cl)cc2)[C@@](C)(c2ccc(Cl)cc2)N1C(=O)N1CCN(CCCS(C)(=O)=O)CC1. The average Bonchev–Trinajstić information content (AvgIpc) is 3.29. The molecule has 5 rings (SSSR count). The van der Waals surface area contributed by atoms with Crippen LogP contribution in [0.15, 0.2) is 71.7 Å². The molecular formula is C37H46Cl2N4O4S. The summed E-state index contributed by atoms with van der Waals surface area (Å²) < 4.78 is 29.6. The summed E-state index contributed by atoms with van der Waals surface area (Å²) in [6.45, 7) is 13.8. The molecule has 258 valence electrons. The molecule has 0 N–H and O–H groups in total. The molecule has 3 aromatic rings. The number of benzene rings is 3. The number of piperazine rings is 1. The zero-order chi connectivity index (χ0) is 34.9. The van der Waals surface area contributed by atoms with Crippen molar-refractivity contribution >= 4 is 44.9 Å². The third-order valence-electron chi connectivity index (χ3n) is 9.79. The van der Waals surface area contributed by atoms with E-state index in [1.54, 1.807) is 0 Å². The lowest BCUT2D eigenvalue weighted by atomic mass is 9.71. The van der Waals surface area contributed by atoms with Crippen LogP contribution in [0.2, 0.25) is 10.0 Å². The monoisotopic (exact) mass is 712 g/mol. The standard InChI is InChI=1S/C37H46Cl2N4O4S/c1-7-47-33-25-27(26(2)3)9-18-32(33)34-40-36(4,28-10-14-30(38)15-11-28)37(5,29-12-16-31(39)17-13-29)43(34)35(44)42-22-20-41(21-23-42)19-8-24-48(6,45)46/h9-18,25-26H,7-8,19-24H2,1-6H3/t36-,37+/m0/s1. The van der Waals surface area contributed by atoms with Gasteiger partial charge in [-0.15, -0.1) is 0 Å². The van der Waals surface area contributed by atoms with Gasteiger partial charge < -0.3 is 9.64 Å². The third-order valence-corrected chi connectivity index (χ3v) is 11.3. The summed E-state index contributed by atoms with van der Waals surface area (Å²) in [6.07, 6.45) is 1.83. The highest BCUT2D eigenvalue weighted by molar-refractivity contribution is 7.90. The molecule has 2 atom stereocenters. The van der Waals surface area contributed by atoms with E-state index in [0.29, 0.717) is 67.4 Å². The lowest BCUT2D eigenvalue weighted by molar-refractivity contribution is 0.0868. The van der Waals surface area contributed by atoms with Crippen molar-refractivity contribution in [1.82, 2.24) is 14.7 Å². The van der Waals surface area contributed by atoms with E-state index in [2.05, 4.69) is 44.7 Å². The fourth-order valence-electron chi connectivity index (χ4n) is 6.78. The maximum absolute atomic E-state index is 15.1. The van der Waals surface area contributed by atoms with Crippen molar-refractivity contribution < 1.29 is 17.9 Å². The predicted octanol–water partition coefficient (Wildman–Crippen LogP) is 7.58. The number of amides is 2. The number of sulfone groups is 1. The number of carbonyl (C=O) groups excluding carboxylic acids is 1. The van der Waals surface area contributed by atoms with Gasteiger partial charge in [-0.3, -0.25) is 14.8 Å². The first-order chi connectivity index (χ1) is 22.7. The van der Waals surface area contributed by atoms with Crippen LogP contribution < -0.4 is 4.74 Å². The molecule has 3 aromatic carbocycles. The third kappa shape index (κ3) is 7.25. The van der Waals surface area contributed by atoms with Gasteiger partial charge in [0.1, 0.15) is 32.5 Å². The van der Waals surface area contributed by atoms with Crippen molar-refractivity contribution in [2.75, 3.05) is 51.3 Å². The Morgan fingerprint density at radius 2 is 1.50 bits per heavy atom. The number of rotatable bonds is 10. The summed E-state index contributed by atoms with van der Waals surface area (Å²) in [6, 6.07) is 21.3. The molecule has 0 radical (unpaired) electrons. The van der Waals surface area contributed by atoms with Gasteiger partial charge >= 0.3 is 6.03 Å². The van der Waals surface area contributed by atoms with Crippen molar-refractivity contribution in [3.8, 4) is 5.75 Å². The summed E-state index contributed by atoms with van der Waals surface area (Å²) in [7, 11) is -3.02. The molecule has 0 bridgehead atoms. The van der Waals surface area contributed by atoms with Crippen molar-refractivity contribution in [1.29, 1.82) is 0 Å². The largest absolute Gasteiger partial charge is 0.493 e. The molecule has 2 amide bonds. The van der Waals surface area contributed by atoms with Crippen LogP contribution in [0.1, 0.15) is 69.2 Å². The van der Waals surface area contributed by atoms with Crippen molar-refractivity contribution in [3.63, 3.8) is 0 Å². The second kappa shape index (κ2) is 14.4. The number of urea groups is 1. The topological polar surface area (TPSA) is 82.5 Å². The molecule has 2 heterocycles. The molecule has 0 saturated carbocycles. The van der Waals surface area contributed by atoms with E-state index >= 15 is 4.79 Å². The summed E-state index contributed by atoms with van der Waals surface area (Å²) in [5.41, 5.74) is 1.73. The lowest BCUT2D eigenvalue weighted by Crippen LogP contribution is -2.60. The summed E-state index contributed by atoms with van der Waals surface area (Å²) in [5.74, 6) is 1.65. The number of hydrogen-bond acceptors (Lipinski definition) is 6. The van der Waals surface area contributed by atoms with Gasteiger partial charge in [0, 0.05) is 42.5 Å². The van der Waals surface area contributed by atoms with E-state index in [-0.39, 0.29) is 17.7 Å². The highest BCUT2D eigenvalue weighted by Gasteiger charge is 2.60. The summed E-state index contributed by atoms with van der Waals surface area (Å²) in [5, 5.41) is 1.21. The Labute approximate surface area is 295 Å². The summed E-state index contributed by atoms with van der Waals surface area (Å²) in [4.78, 5) is 26.6. The van der Waals surface area contributed by atoms with E-state index in [9.17, 15) is 8.42 Å². The normalized spacial score (nSPS) is 21.9. The molecule has 0 spiro atoms. The molecule has 48 heavy (non-hydrogen) atoms. The van der Waals surface area contributed by atoms with E-state index in [1.165, 1.54) is 6.26 Å². The number of nitrogens with zero attached hydrogens (tertiary/aromatic N) is 4. The van der Waals surface area contributed by atoms with Gasteiger partial charge in [-0.05, 0) is 92.7 Å². The first kappa shape index (κ1) is 36.2. The van der Waals surface area contributed by atoms with Crippen molar-refractivity contribution in [3.05, 3.63) is 99.0 Å². The number of carbonyl (C=O) groups is 1. The molecule has 1 saturated heterocycles. The van der Waals surface area contributed by atoms with E-state index in [0.717, 1.165) is 22.3 Å². The molecule has 11 heteroatoms. The second-order valence-electron chi connectivity index (χ2n) is 13.4. The molecule has 1 fully saturated rings. The lowest BCUT2D eigenvalue weighted by Gasteiger charge is -2.47. The van der Waals surface area contributed by atoms with Gasteiger partial charge in [-0.2, -0.15) is 0 Å². The minimum atomic E-state index is -3.02. The fraction of sp³-hybridized carbons (Fsp3) is 0.459. The Balaban J connectivity index is 1.64. The summed E-state index contributed by atoms with van der Waals surface area (Å²) >= 11 is 12.8. The van der Waals surface area contributed by atoms with Crippen LogP contribution >= 0.6 is 23.2 Å². The Morgan fingerprint density at radius 1 is 0.917 bits per heavy atom. The smallest absolute Gasteiger partial charge is 0.326 e. The van der Waals surface area contributed by atoms with E-state index in [1.807, 2.05) is 71.3 Å². The van der Waals surface area contributed by atoms with Gasteiger partial charge in [-0.1, -0.05) is 67.4 Å². The van der Waals surface area contributed by atoms with Crippen molar-refractivity contribution in [2.24, 2.45) is 4.99 Å². The number of ether oxygens (including phenoxy) is 1. The van der Waals surface area contributed by atoms with Crippen LogP contribution in [-0.2, 0) is 20.9 Å². The average molecular weight is 714 g/mol. The van der Waals surface area contributed by atoms with Crippen LogP contribution in [0.5, 0.6) is 5.75 Å². The zero-order valence-electron chi connectivity index (χ0n) is 28.7. The number of aliphatic imine (C=N–C) groups is 1. The van der Waals surface area contributed by atoms with Gasteiger partial charge in [0.05, 0.1) is 17.9 Å². The molecule has 0 aliphatic carbocycles. The maximum atomic E-state index is 15.1. The quantitative estimate of drug-likeness (QED) is 0.217. The molecule has 8 nitrogen and oxygen atoms in total. The first-order valence-corrected chi connectivity index (χ1v) is 19.4. The fourth-order valence-corrected chi connectivity index (χ4v) is 7.69. The highest BCUT2D eigenvalue weighted by Crippen LogP contribution is 2.54. The minimum Gasteiger partial charge on any atom is -0.493 e. The molecule has 2 aliphatic rings. The highest BCUT2D eigenvalue weighted by atomic mass is 35.5. The van der Waals surface area contributed by atoms with E-state index in [4.69, 9.17) is 32.9 Å². The first-order valence-electron chi connectivity index (χ1n) is 16.6. The van der Waals surface area contributed by atoms with Crippen LogP contribution in [0.25, 0.3) is 0 Å². The second-order valence-corrected chi connectivity index (χ2v) is 16.5. The van der Waals surface area contributed by atoms with E-state index < -0.39 is 20.9 Å². The Morgan fingerprint density at radius 3 is 2.04 bits per heavy atom. The van der Waals surface area contributed by atoms with Crippen LogP contribution in [0, 0.1) is 0 Å². The van der Waals surface area contributed by atoms with Gasteiger partial charge in [-0.25, -0.2) is 13.2 Å². The number of amidine groups is 1. The molecule has 0 unspecified atom stereocenters. The maximum Gasteiger partial charge on any atom is 0.326 e. The van der Waals surface area contributed by atoms with Gasteiger partial charge in [0.15, 0.2) is 0 Å². The minimum absolute atomic E-state index is 0.153. The molecule has 2 aliphatic heterocycles. The Hall–Kier alpha value is -3.11. The molecule has 0 aromatic heterocycles. The van der Waals surface area contributed by atoms with Gasteiger partial charge in [0.2, 0.25) is 0 Å². The van der Waals surface area contributed by atoms with Gasteiger partial charge in [0.25, 0.3) is 0 Å². The van der Waals surface area contributed by atoms with Crippen LogP contribution in [-0.4, -0.2) is 86.3 Å². The zero-order valence-corrected chi connectivity index (χ0v) is 31.0. The van der Waals surface area contributed by atoms with Crippen LogP contribution in [0.4, 0.5) is 4.79 Å². The Kier molecular flexibility index (Phi) is 10.8. The number of hydrogen-bond donors (Lipinski definition) is 0. The Bertz CT molecular complexity index is 1760. The number of halogens is 2. The predicted molar refractivity (Wildman–Crippen MR) is 195 cm³/mol. The molecular weight excluding hydrogens is 667 g/mol. The van der Waals surface area contributed by atoms with Crippen LogP contribution in [0.3, 0.4) is 0 Å².